The van der Waals surface area contributed by atoms with Crippen molar-refractivity contribution in [1.82, 2.24) is 25.8 Å². The van der Waals surface area contributed by atoms with Crippen LogP contribution in [0.1, 0.15) is 36.2 Å². The first-order valence-corrected chi connectivity index (χ1v) is 10.5. The third-order valence-corrected chi connectivity index (χ3v) is 4.81. The van der Waals surface area contributed by atoms with Crippen LogP contribution in [0.3, 0.4) is 0 Å². The molecular weight excluding hydrogens is 503 g/mol. The first-order valence-electron chi connectivity index (χ1n) is 10.5. The van der Waals surface area contributed by atoms with Crippen LogP contribution in [0.4, 0.5) is 0 Å². The van der Waals surface area contributed by atoms with E-state index in [1.807, 2.05) is 13.0 Å². The largest absolute Gasteiger partial charge is 0.357 e. The lowest BCUT2D eigenvalue weighted by Crippen LogP contribution is -2.41. The van der Waals surface area contributed by atoms with Gasteiger partial charge in [0.1, 0.15) is 0 Å². The number of carbonyl (C=O) groups excluding carboxylic acids is 1. The second-order valence-electron chi connectivity index (χ2n) is 7.22. The molecule has 1 heterocycles. The highest BCUT2D eigenvalue weighted by Gasteiger charge is 2.09. The van der Waals surface area contributed by atoms with Crippen LogP contribution in [0.5, 0.6) is 0 Å². The number of nitrogens with one attached hydrogen (secondary N) is 3. The first kappa shape index (κ1) is 26.8. The SMILES string of the molecule is CCNC(=NCCC(C)N(C)Cc1ccccc1)NCCNC(=O)c1cccnc1.I. The van der Waals surface area contributed by atoms with Gasteiger partial charge < -0.3 is 16.0 Å². The Morgan fingerprint density at radius 1 is 1.10 bits per heavy atom. The summed E-state index contributed by atoms with van der Waals surface area (Å²) in [6.45, 7) is 7.83. The van der Waals surface area contributed by atoms with Gasteiger partial charge in [0.2, 0.25) is 0 Å². The Morgan fingerprint density at radius 2 is 1.84 bits per heavy atom. The number of rotatable bonds is 11. The number of benzene rings is 1. The number of nitrogens with zero attached hydrogens (tertiary/aromatic N) is 3. The molecule has 0 fully saturated rings. The minimum Gasteiger partial charge on any atom is -0.357 e. The molecule has 1 aromatic carbocycles. The lowest BCUT2D eigenvalue weighted by Gasteiger charge is -2.24. The van der Waals surface area contributed by atoms with E-state index in [-0.39, 0.29) is 29.9 Å². The Labute approximate surface area is 203 Å². The van der Waals surface area contributed by atoms with Crippen molar-refractivity contribution in [3.8, 4) is 0 Å². The molecule has 2 aromatic rings. The molecule has 0 aliphatic carbocycles. The molecule has 0 bridgehead atoms. The zero-order chi connectivity index (χ0) is 21.6. The smallest absolute Gasteiger partial charge is 0.252 e. The maximum absolute atomic E-state index is 12.0. The summed E-state index contributed by atoms with van der Waals surface area (Å²) in [6, 6.07) is 14.4. The fourth-order valence-corrected chi connectivity index (χ4v) is 2.91. The molecule has 1 atom stereocenters. The van der Waals surface area contributed by atoms with Gasteiger partial charge in [-0.3, -0.25) is 19.7 Å². The third-order valence-electron chi connectivity index (χ3n) is 4.81. The summed E-state index contributed by atoms with van der Waals surface area (Å²) in [5.74, 6) is 0.646. The fourth-order valence-electron chi connectivity index (χ4n) is 2.91. The lowest BCUT2D eigenvalue weighted by atomic mass is 10.1. The van der Waals surface area contributed by atoms with Crippen molar-refractivity contribution in [1.29, 1.82) is 0 Å². The Kier molecular flexibility index (Phi) is 13.5. The topological polar surface area (TPSA) is 81.7 Å². The van der Waals surface area contributed by atoms with Gasteiger partial charge in [-0.15, -0.1) is 24.0 Å². The Balaban J connectivity index is 0.00000480. The van der Waals surface area contributed by atoms with Gasteiger partial charge in [0.15, 0.2) is 5.96 Å². The summed E-state index contributed by atoms with van der Waals surface area (Å²) < 4.78 is 0. The summed E-state index contributed by atoms with van der Waals surface area (Å²) in [4.78, 5) is 23.0. The molecule has 2 rings (SSSR count). The molecule has 1 amide bonds. The standard InChI is InChI=1S/C23H34N6O.HI/c1-4-25-23(28-16-15-26-22(30)21-11-8-13-24-17-21)27-14-12-19(2)29(3)18-20-9-6-5-7-10-20;/h5-11,13,17,19H,4,12,14-16,18H2,1-3H3,(H,26,30)(H2,25,27,28);1H. The van der Waals surface area contributed by atoms with Gasteiger partial charge in [-0.25, -0.2) is 0 Å². The van der Waals surface area contributed by atoms with E-state index in [1.165, 1.54) is 5.56 Å². The minimum atomic E-state index is -0.123. The summed E-state index contributed by atoms with van der Waals surface area (Å²) in [5, 5.41) is 9.39. The number of aliphatic imine (C=N–C) groups is 1. The zero-order valence-electron chi connectivity index (χ0n) is 18.7. The Morgan fingerprint density at radius 3 is 2.52 bits per heavy atom. The number of amides is 1. The number of hydrogen-bond acceptors (Lipinski definition) is 4. The van der Waals surface area contributed by atoms with Crippen LogP contribution in [0.2, 0.25) is 0 Å². The van der Waals surface area contributed by atoms with Crippen molar-refractivity contribution >= 4 is 35.8 Å². The van der Waals surface area contributed by atoms with E-state index in [4.69, 9.17) is 0 Å². The van der Waals surface area contributed by atoms with Crippen molar-refractivity contribution in [2.45, 2.75) is 32.9 Å². The molecule has 0 aliphatic heterocycles. The van der Waals surface area contributed by atoms with Gasteiger partial charge in [-0.1, -0.05) is 30.3 Å². The molecule has 0 saturated heterocycles. The average molecular weight is 538 g/mol. The fraction of sp³-hybridized carbons (Fsp3) is 0.435. The van der Waals surface area contributed by atoms with Gasteiger partial charge in [-0.2, -0.15) is 0 Å². The predicted octanol–water partition coefficient (Wildman–Crippen LogP) is 2.90. The van der Waals surface area contributed by atoms with Gasteiger partial charge in [0, 0.05) is 51.2 Å². The molecule has 170 valence electrons. The minimum absolute atomic E-state index is 0. The maximum Gasteiger partial charge on any atom is 0.252 e. The van der Waals surface area contributed by atoms with E-state index in [2.05, 4.69) is 69.1 Å². The molecule has 31 heavy (non-hydrogen) atoms. The van der Waals surface area contributed by atoms with Crippen LogP contribution >= 0.6 is 24.0 Å². The third kappa shape index (κ3) is 10.6. The molecule has 1 unspecified atom stereocenters. The van der Waals surface area contributed by atoms with Crippen molar-refractivity contribution in [3.05, 3.63) is 66.0 Å². The molecule has 8 heteroatoms. The highest BCUT2D eigenvalue weighted by atomic mass is 127. The van der Waals surface area contributed by atoms with Crippen molar-refractivity contribution in [3.63, 3.8) is 0 Å². The molecule has 0 spiro atoms. The van der Waals surface area contributed by atoms with Crippen LogP contribution in [0.25, 0.3) is 0 Å². The number of halogens is 1. The second kappa shape index (κ2) is 15.6. The lowest BCUT2D eigenvalue weighted by molar-refractivity contribution is 0.0954. The zero-order valence-corrected chi connectivity index (χ0v) is 21.0. The number of aromatic nitrogens is 1. The van der Waals surface area contributed by atoms with Gasteiger partial charge >= 0.3 is 0 Å². The van der Waals surface area contributed by atoms with Gasteiger partial charge in [0.05, 0.1) is 5.56 Å². The maximum atomic E-state index is 12.0. The molecule has 0 radical (unpaired) electrons. The van der Waals surface area contributed by atoms with Crippen LogP contribution < -0.4 is 16.0 Å². The molecule has 0 saturated carbocycles. The summed E-state index contributed by atoms with van der Waals surface area (Å²) in [7, 11) is 2.15. The summed E-state index contributed by atoms with van der Waals surface area (Å²) >= 11 is 0. The average Bonchev–Trinajstić information content (AvgIpc) is 2.77. The van der Waals surface area contributed by atoms with E-state index in [9.17, 15) is 4.79 Å². The number of hydrogen-bond donors (Lipinski definition) is 3. The van der Waals surface area contributed by atoms with E-state index in [0.29, 0.717) is 24.7 Å². The normalized spacial score (nSPS) is 12.1. The van der Waals surface area contributed by atoms with Crippen molar-refractivity contribution in [2.75, 3.05) is 33.2 Å². The van der Waals surface area contributed by atoms with E-state index >= 15 is 0 Å². The van der Waals surface area contributed by atoms with Crippen molar-refractivity contribution < 1.29 is 4.79 Å². The quantitative estimate of drug-likeness (QED) is 0.178. The Bertz CT molecular complexity index is 772. The van der Waals surface area contributed by atoms with E-state index in [0.717, 1.165) is 32.0 Å². The van der Waals surface area contributed by atoms with Crippen LogP contribution in [-0.2, 0) is 6.54 Å². The number of guanidine groups is 1. The van der Waals surface area contributed by atoms with Gasteiger partial charge in [0.25, 0.3) is 5.91 Å². The molecule has 7 nitrogen and oxygen atoms in total. The summed E-state index contributed by atoms with van der Waals surface area (Å²) in [5.41, 5.74) is 1.88. The molecule has 3 N–H and O–H groups in total. The Hall–Kier alpha value is -2.20. The summed E-state index contributed by atoms with van der Waals surface area (Å²) in [6.07, 6.45) is 4.18. The van der Waals surface area contributed by atoms with Gasteiger partial charge in [-0.05, 0) is 45.0 Å². The highest BCUT2D eigenvalue weighted by molar-refractivity contribution is 14.0. The van der Waals surface area contributed by atoms with Crippen LogP contribution in [-0.4, -0.2) is 61.0 Å². The van der Waals surface area contributed by atoms with E-state index < -0.39 is 0 Å². The molecule has 0 aliphatic rings. The van der Waals surface area contributed by atoms with E-state index in [1.54, 1.807) is 24.5 Å². The second-order valence-corrected chi connectivity index (χ2v) is 7.22. The van der Waals surface area contributed by atoms with Crippen LogP contribution in [0.15, 0.2) is 59.9 Å². The number of carbonyl (C=O) groups is 1. The molecular formula is C23H35IN6O. The molecule has 1 aromatic heterocycles. The predicted molar refractivity (Wildman–Crippen MR) is 138 cm³/mol. The number of pyridine rings is 1. The van der Waals surface area contributed by atoms with Crippen LogP contribution in [0, 0.1) is 0 Å². The monoisotopic (exact) mass is 538 g/mol. The first-order chi connectivity index (χ1) is 14.6. The highest BCUT2D eigenvalue weighted by Crippen LogP contribution is 2.08. The van der Waals surface area contributed by atoms with Crippen molar-refractivity contribution in [2.24, 2.45) is 4.99 Å².